The van der Waals surface area contributed by atoms with E-state index >= 15 is 0 Å². The van der Waals surface area contributed by atoms with Crippen molar-refractivity contribution >= 4 is 23.2 Å². The predicted molar refractivity (Wildman–Crippen MR) is 105 cm³/mol. The summed E-state index contributed by atoms with van der Waals surface area (Å²) in [4.78, 5) is 25.1. The van der Waals surface area contributed by atoms with Crippen molar-refractivity contribution in [1.29, 1.82) is 0 Å². The minimum atomic E-state index is -0.510. The van der Waals surface area contributed by atoms with Gasteiger partial charge in [0.2, 0.25) is 0 Å². The maximum absolute atomic E-state index is 14.0. The van der Waals surface area contributed by atoms with E-state index in [2.05, 4.69) is 10.6 Å². The first-order valence-electron chi connectivity index (χ1n) is 8.48. The molecule has 4 nitrogen and oxygen atoms in total. The molecule has 0 unspecified atom stereocenters. The molecule has 2 amide bonds. The highest BCUT2D eigenvalue weighted by Gasteiger charge is 2.15. The average Bonchev–Trinajstić information content (AvgIpc) is 2.64. The maximum Gasteiger partial charge on any atom is 0.257 e. The van der Waals surface area contributed by atoms with Crippen LogP contribution in [0.4, 0.5) is 15.8 Å². The van der Waals surface area contributed by atoms with Crippen LogP contribution in [0.15, 0.2) is 66.7 Å². The minimum Gasteiger partial charge on any atom is -0.321 e. The average molecular weight is 362 g/mol. The number of hydrogen-bond donors (Lipinski definition) is 2. The lowest BCUT2D eigenvalue weighted by molar-refractivity contribution is 0.102. The highest BCUT2D eigenvalue weighted by atomic mass is 19.1. The number of carbonyl (C=O) groups excluding carboxylic acids is 2. The number of para-hydroxylation sites is 1. The molecular formula is C22H19FN2O2. The van der Waals surface area contributed by atoms with Crippen molar-refractivity contribution < 1.29 is 14.0 Å². The second-order valence-corrected chi connectivity index (χ2v) is 6.31. The number of aryl methyl sites for hydroxylation is 2. The zero-order valence-corrected chi connectivity index (χ0v) is 15.0. The molecule has 0 aliphatic heterocycles. The normalized spacial score (nSPS) is 10.3. The van der Waals surface area contributed by atoms with E-state index in [1.807, 2.05) is 13.0 Å². The molecule has 0 radical (unpaired) electrons. The molecule has 0 aliphatic carbocycles. The largest absolute Gasteiger partial charge is 0.321 e. The molecule has 3 aromatic carbocycles. The van der Waals surface area contributed by atoms with Gasteiger partial charge in [0.1, 0.15) is 5.82 Å². The molecule has 0 saturated heterocycles. The summed E-state index contributed by atoms with van der Waals surface area (Å²) in [7, 11) is 0. The summed E-state index contributed by atoms with van der Waals surface area (Å²) in [5.74, 6) is -1.33. The summed E-state index contributed by atoms with van der Waals surface area (Å²) in [5.41, 5.74) is 2.91. The summed E-state index contributed by atoms with van der Waals surface area (Å²) in [6.07, 6.45) is 0. The second kappa shape index (κ2) is 7.83. The van der Waals surface area contributed by atoms with Crippen LogP contribution in [0.5, 0.6) is 0 Å². The fourth-order valence-electron chi connectivity index (χ4n) is 2.68. The minimum absolute atomic E-state index is 0.0883. The van der Waals surface area contributed by atoms with Gasteiger partial charge in [0.05, 0.1) is 16.9 Å². The number of halogens is 1. The molecule has 0 atom stereocenters. The lowest BCUT2D eigenvalue weighted by Crippen LogP contribution is -2.18. The number of rotatable bonds is 4. The number of nitrogens with one attached hydrogen (secondary N) is 2. The van der Waals surface area contributed by atoms with E-state index in [9.17, 15) is 14.0 Å². The molecule has 2 N–H and O–H groups in total. The first kappa shape index (κ1) is 18.3. The Morgan fingerprint density at radius 1 is 0.741 bits per heavy atom. The highest BCUT2D eigenvalue weighted by molar-refractivity contribution is 6.12. The van der Waals surface area contributed by atoms with Gasteiger partial charge in [-0.1, -0.05) is 35.9 Å². The van der Waals surface area contributed by atoms with Gasteiger partial charge in [0, 0.05) is 5.56 Å². The van der Waals surface area contributed by atoms with E-state index < -0.39 is 11.7 Å². The summed E-state index contributed by atoms with van der Waals surface area (Å²) >= 11 is 0. The molecular weight excluding hydrogens is 343 g/mol. The summed E-state index contributed by atoms with van der Waals surface area (Å²) in [6, 6.07) is 18.3. The van der Waals surface area contributed by atoms with Crippen molar-refractivity contribution in [3.05, 3.63) is 94.8 Å². The smallest absolute Gasteiger partial charge is 0.257 e. The van der Waals surface area contributed by atoms with E-state index in [4.69, 9.17) is 0 Å². The molecule has 0 heterocycles. The number of benzene rings is 3. The van der Waals surface area contributed by atoms with E-state index in [0.717, 1.165) is 11.1 Å². The van der Waals surface area contributed by atoms with Gasteiger partial charge in [0.25, 0.3) is 11.8 Å². The van der Waals surface area contributed by atoms with E-state index in [1.165, 1.54) is 12.1 Å². The molecule has 27 heavy (non-hydrogen) atoms. The molecule has 0 spiro atoms. The van der Waals surface area contributed by atoms with Gasteiger partial charge in [0.15, 0.2) is 0 Å². The Bertz CT molecular complexity index is 1010. The zero-order chi connectivity index (χ0) is 19.4. The van der Waals surface area contributed by atoms with Crippen molar-refractivity contribution in [3.8, 4) is 0 Å². The predicted octanol–water partition coefficient (Wildman–Crippen LogP) is 4.95. The summed E-state index contributed by atoms with van der Waals surface area (Å²) in [6.45, 7) is 3.67. The van der Waals surface area contributed by atoms with E-state index in [1.54, 1.807) is 55.5 Å². The number of carbonyl (C=O) groups is 2. The quantitative estimate of drug-likeness (QED) is 0.690. The first-order valence-corrected chi connectivity index (χ1v) is 8.48. The van der Waals surface area contributed by atoms with Gasteiger partial charge in [-0.3, -0.25) is 9.59 Å². The molecule has 0 aromatic heterocycles. The molecule has 5 heteroatoms. The molecule has 0 aliphatic rings. The molecule has 3 rings (SSSR count). The van der Waals surface area contributed by atoms with Gasteiger partial charge < -0.3 is 10.6 Å². The zero-order valence-electron chi connectivity index (χ0n) is 15.0. The van der Waals surface area contributed by atoms with E-state index in [-0.39, 0.29) is 17.2 Å². The van der Waals surface area contributed by atoms with Crippen LogP contribution >= 0.6 is 0 Å². The van der Waals surface area contributed by atoms with Crippen LogP contribution in [0.25, 0.3) is 0 Å². The fourth-order valence-corrected chi connectivity index (χ4v) is 2.68. The monoisotopic (exact) mass is 362 g/mol. The molecule has 0 saturated carbocycles. The molecule has 0 fully saturated rings. The standard InChI is InChI=1S/C22H19FN2O2/c1-14-6-5-7-16(12-14)21(26)24-19-9-4-3-8-17(19)22(27)25-20-11-10-15(2)13-18(20)23/h3-13H,1-2H3,(H,24,26)(H,25,27). The third kappa shape index (κ3) is 4.39. The maximum atomic E-state index is 14.0. The Balaban J connectivity index is 1.83. The number of amides is 2. The van der Waals surface area contributed by atoms with Crippen LogP contribution in [-0.2, 0) is 0 Å². The van der Waals surface area contributed by atoms with Crippen molar-refractivity contribution in [2.45, 2.75) is 13.8 Å². The molecule has 136 valence electrons. The van der Waals surface area contributed by atoms with Crippen LogP contribution in [0.3, 0.4) is 0 Å². The van der Waals surface area contributed by atoms with Crippen molar-refractivity contribution in [3.63, 3.8) is 0 Å². The molecule has 0 bridgehead atoms. The van der Waals surface area contributed by atoms with Gasteiger partial charge in [-0.15, -0.1) is 0 Å². The Kier molecular flexibility index (Phi) is 5.31. The molecule has 3 aromatic rings. The lowest BCUT2D eigenvalue weighted by Gasteiger charge is -2.12. The van der Waals surface area contributed by atoms with Gasteiger partial charge in [-0.2, -0.15) is 0 Å². The SMILES string of the molecule is Cc1cccc(C(=O)Nc2ccccc2C(=O)Nc2ccc(C)cc2F)c1. The van der Waals surface area contributed by atoms with Gasteiger partial charge in [-0.05, 0) is 55.8 Å². The Hall–Kier alpha value is -3.47. The van der Waals surface area contributed by atoms with Crippen molar-refractivity contribution in [2.75, 3.05) is 10.6 Å². The Morgan fingerprint density at radius 3 is 2.19 bits per heavy atom. The van der Waals surface area contributed by atoms with E-state index in [0.29, 0.717) is 11.3 Å². The third-order valence-corrected chi connectivity index (χ3v) is 4.07. The van der Waals surface area contributed by atoms with Crippen LogP contribution in [0.1, 0.15) is 31.8 Å². The fraction of sp³-hybridized carbons (Fsp3) is 0.0909. The number of anilines is 2. The summed E-state index contributed by atoms with van der Waals surface area (Å²) in [5, 5.41) is 5.30. The van der Waals surface area contributed by atoms with Crippen molar-refractivity contribution in [2.24, 2.45) is 0 Å². The van der Waals surface area contributed by atoms with Crippen molar-refractivity contribution in [1.82, 2.24) is 0 Å². The Morgan fingerprint density at radius 2 is 1.44 bits per heavy atom. The van der Waals surface area contributed by atoms with Crippen LogP contribution in [0.2, 0.25) is 0 Å². The Labute approximate surface area is 157 Å². The van der Waals surface area contributed by atoms with Crippen LogP contribution < -0.4 is 10.6 Å². The topological polar surface area (TPSA) is 58.2 Å². The number of hydrogen-bond acceptors (Lipinski definition) is 2. The third-order valence-electron chi connectivity index (χ3n) is 4.07. The van der Waals surface area contributed by atoms with Crippen LogP contribution in [0, 0.1) is 19.7 Å². The van der Waals surface area contributed by atoms with Gasteiger partial charge in [-0.25, -0.2) is 4.39 Å². The lowest BCUT2D eigenvalue weighted by atomic mass is 10.1. The first-order chi connectivity index (χ1) is 12.9. The summed E-state index contributed by atoms with van der Waals surface area (Å²) < 4.78 is 14.0. The highest BCUT2D eigenvalue weighted by Crippen LogP contribution is 2.21. The van der Waals surface area contributed by atoms with Gasteiger partial charge >= 0.3 is 0 Å². The second-order valence-electron chi connectivity index (χ2n) is 6.31. The van der Waals surface area contributed by atoms with Crippen LogP contribution in [-0.4, -0.2) is 11.8 Å².